The summed E-state index contributed by atoms with van der Waals surface area (Å²) in [6, 6.07) is 7.98. The predicted octanol–water partition coefficient (Wildman–Crippen LogP) is 3.13. The highest BCUT2D eigenvalue weighted by Gasteiger charge is 2.14. The summed E-state index contributed by atoms with van der Waals surface area (Å²) in [5.41, 5.74) is 2.66. The van der Waals surface area contributed by atoms with Crippen molar-refractivity contribution < 1.29 is 4.79 Å². The molecule has 0 saturated carbocycles. The number of hydrogen-bond acceptors (Lipinski definition) is 4. The highest BCUT2D eigenvalue weighted by atomic mass is 16.1. The van der Waals surface area contributed by atoms with Crippen LogP contribution in [0.1, 0.15) is 24.8 Å². The number of benzene rings is 1. The van der Waals surface area contributed by atoms with Gasteiger partial charge in [0.25, 0.3) is 0 Å². The van der Waals surface area contributed by atoms with Crippen LogP contribution >= 0.6 is 0 Å². The zero-order valence-electron chi connectivity index (χ0n) is 14.0. The lowest BCUT2D eigenvalue weighted by molar-refractivity contribution is -0.115. The molecule has 0 atom stereocenters. The number of rotatable bonds is 4. The van der Waals surface area contributed by atoms with E-state index in [4.69, 9.17) is 0 Å². The van der Waals surface area contributed by atoms with Gasteiger partial charge in [-0.15, -0.1) is 0 Å². The molecular weight excluding hydrogens is 314 g/mol. The number of carbonyl (C=O) groups is 1. The number of amides is 1. The van der Waals surface area contributed by atoms with Gasteiger partial charge in [0, 0.05) is 30.2 Å². The maximum absolute atomic E-state index is 12.3. The Morgan fingerprint density at radius 1 is 1.12 bits per heavy atom. The molecule has 4 rings (SSSR count). The number of nitrogens with one attached hydrogen (secondary N) is 2. The molecule has 6 heteroatoms. The van der Waals surface area contributed by atoms with E-state index < -0.39 is 0 Å². The van der Waals surface area contributed by atoms with Crippen molar-refractivity contribution in [3.63, 3.8) is 0 Å². The van der Waals surface area contributed by atoms with Gasteiger partial charge in [-0.2, -0.15) is 0 Å². The van der Waals surface area contributed by atoms with Crippen LogP contribution in [-0.2, 0) is 11.2 Å². The monoisotopic (exact) mass is 335 g/mol. The minimum absolute atomic E-state index is 0.0703. The number of carbonyl (C=O) groups excluding carboxylic acids is 1. The Bertz CT molecular complexity index is 865. The molecule has 0 unspecified atom stereocenters. The first-order chi connectivity index (χ1) is 12.3. The fraction of sp³-hybridized carbons (Fsp3) is 0.316. The number of anilines is 2. The van der Waals surface area contributed by atoms with Crippen LogP contribution in [0.5, 0.6) is 0 Å². The predicted molar refractivity (Wildman–Crippen MR) is 98.7 cm³/mol. The van der Waals surface area contributed by atoms with Crippen molar-refractivity contribution in [1.82, 2.24) is 15.0 Å². The lowest BCUT2D eigenvalue weighted by Gasteiger charge is -2.26. The molecule has 1 aromatic carbocycles. The van der Waals surface area contributed by atoms with Crippen LogP contribution in [-0.4, -0.2) is 33.9 Å². The van der Waals surface area contributed by atoms with Gasteiger partial charge in [0.1, 0.15) is 0 Å². The van der Waals surface area contributed by atoms with E-state index in [1.54, 1.807) is 12.4 Å². The standard InChI is InChI=1S/C19H21N5O/c25-18(10-14-11-20-17-7-3-2-6-16(14)17)23-15-12-21-19(22-13-15)24-8-4-1-5-9-24/h2-3,6-7,11-13,20H,1,4-5,8-10H2,(H,23,25). The SMILES string of the molecule is O=C(Cc1c[nH]c2ccccc12)Nc1cnc(N2CCCCC2)nc1. The number of aromatic nitrogens is 3. The van der Waals surface area contributed by atoms with Crippen LogP contribution < -0.4 is 10.2 Å². The number of aromatic amines is 1. The van der Waals surface area contributed by atoms with Gasteiger partial charge in [-0.1, -0.05) is 18.2 Å². The van der Waals surface area contributed by atoms with Crippen LogP contribution in [0.25, 0.3) is 10.9 Å². The summed E-state index contributed by atoms with van der Waals surface area (Å²) in [5.74, 6) is 0.674. The van der Waals surface area contributed by atoms with Gasteiger partial charge in [-0.25, -0.2) is 9.97 Å². The van der Waals surface area contributed by atoms with Gasteiger partial charge >= 0.3 is 0 Å². The third-order valence-corrected chi connectivity index (χ3v) is 4.59. The van der Waals surface area contributed by atoms with Crippen molar-refractivity contribution in [3.8, 4) is 0 Å². The zero-order valence-corrected chi connectivity index (χ0v) is 14.0. The molecule has 1 saturated heterocycles. The first kappa shape index (κ1) is 15.6. The summed E-state index contributed by atoms with van der Waals surface area (Å²) in [6.07, 6.45) is 9.23. The summed E-state index contributed by atoms with van der Waals surface area (Å²) in [5, 5.41) is 3.96. The van der Waals surface area contributed by atoms with Crippen molar-refractivity contribution in [1.29, 1.82) is 0 Å². The van der Waals surface area contributed by atoms with Crippen LogP contribution in [0, 0.1) is 0 Å². The molecule has 1 fully saturated rings. The normalized spacial score (nSPS) is 14.6. The third kappa shape index (κ3) is 3.47. The second-order valence-corrected chi connectivity index (χ2v) is 6.40. The zero-order chi connectivity index (χ0) is 17.1. The second kappa shape index (κ2) is 6.93. The summed E-state index contributed by atoms with van der Waals surface area (Å²) in [7, 11) is 0. The van der Waals surface area contributed by atoms with Crippen molar-refractivity contribution in [2.24, 2.45) is 0 Å². The molecule has 128 valence electrons. The average molecular weight is 335 g/mol. The molecule has 1 aliphatic heterocycles. The van der Waals surface area contributed by atoms with Crippen LogP contribution in [0.15, 0.2) is 42.9 Å². The number of hydrogen-bond donors (Lipinski definition) is 2. The van der Waals surface area contributed by atoms with E-state index in [-0.39, 0.29) is 5.91 Å². The molecule has 0 radical (unpaired) electrons. The van der Waals surface area contributed by atoms with Gasteiger partial charge in [0.2, 0.25) is 11.9 Å². The Morgan fingerprint density at radius 3 is 2.68 bits per heavy atom. The second-order valence-electron chi connectivity index (χ2n) is 6.40. The first-order valence-corrected chi connectivity index (χ1v) is 8.71. The maximum Gasteiger partial charge on any atom is 0.228 e. The molecule has 2 aromatic heterocycles. The van der Waals surface area contributed by atoms with E-state index >= 15 is 0 Å². The summed E-state index contributed by atoms with van der Waals surface area (Å²) < 4.78 is 0. The number of piperidine rings is 1. The maximum atomic E-state index is 12.3. The van der Waals surface area contributed by atoms with Crippen molar-refractivity contribution in [2.45, 2.75) is 25.7 Å². The number of fused-ring (bicyclic) bond motifs is 1. The summed E-state index contributed by atoms with van der Waals surface area (Å²) in [4.78, 5) is 26.5. The Labute approximate surface area is 146 Å². The fourth-order valence-corrected chi connectivity index (χ4v) is 3.30. The number of para-hydroxylation sites is 1. The lowest BCUT2D eigenvalue weighted by atomic mass is 10.1. The molecule has 0 aliphatic carbocycles. The molecule has 3 aromatic rings. The molecule has 0 bridgehead atoms. The quantitative estimate of drug-likeness (QED) is 0.768. The van der Waals surface area contributed by atoms with E-state index in [1.165, 1.54) is 19.3 Å². The number of H-pyrrole nitrogens is 1. The van der Waals surface area contributed by atoms with E-state index in [1.807, 2.05) is 30.5 Å². The Hall–Kier alpha value is -2.89. The minimum Gasteiger partial charge on any atom is -0.361 e. The van der Waals surface area contributed by atoms with E-state index in [0.717, 1.165) is 35.5 Å². The largest absolute Gasteiger partial charge is 0.361 e. The Balaban J connectivity index is 1.40. The highest BCUT2D eigenvalue weighted by molar-refractivity contribution is 5.95. The first-order valence-electron chi connectivity index (χ1n) is 8.71. The smallest absolute Gasteiger partial charge is 0.228 e. The van der Waals surface area contributed by atoms with Gasteiger partial charge in [-0.05, 0) is 30.9 Å². The lowest BCUT2D eigenvalue weighted by Crippen LogP contribution is -2.30. The third-order valence-electron chi connectivity index (χ3n) is 4.59. The van der Waals surface area contributed by atoms with E-state index in [2.05, 4.69) is 25.2 Å². The topological polar surface area (TPSA) is 73.9 Å². The van der Waals surface area contributed by atoms with Gasteiger partial charge in [0.05, 0.1) is 24.5 Å². The molecule has 3 heterocycles. The molecule has 1 aliphatic rings. The van der Waals surface area contributed by atoms with E-state index in [0.29, 0.717) is 12.1 Å². The molecule has 2 N–H and O–H groups in total. The fourth-order valence-electron chi connectivity index (χ4n) is 3.30. The van der Waals surface area contributed by atoms with Crippen molar-refractivity contribution in [3.05, 3.63) is 48.4 Å². The molecular formula is C19H21N5O. The molecule has 6 nitrogen and oxygen atoms in total. The van der Waals surface area contributed by atoms with Crippen LogP contribution in [0.3, 0.4) is 0 Å². The minimum atomic E-state index is -0.0703. The van der Waals surface area contributed by atoms with Gasteiger partial charge in [-0.3, -0.25) is 4.79 Å². The number of nitrogens with zero attached hydrogens (tertiary/aromatic N) is 3. The Kier molecular flexibility index (Phi) is 4.33. The van der Waals surface area contributed by atoms with Gasteiger partial charge in [0.15, 0.2) is 0 Å². The van der Waals surface area contributed by atoms with E-state index in [9.17, 15) is 4.79 Å². The Morgan fingerprint density at radius 2 is 1.88 bits per heavy atom. The van der Waals surface area contributed by atoms with Crippen LogP contribution in [0.4, 0.5) is 11.6 Å². The molecule has 1 amide bonds. The molecule has 25 heavy (non-hydrogen) atoms. The summed E-state index contributed by atoms with van der Waals surface area (Å²) in [6.45, 7) is 2.01. The van der Waals surface area contributed by atoms with Crippen LogP contribution in [0.2, 0.25) is 0 Å². The molecule has 0 spiro atoms. The van der Waals surface area contributed by atoms with Crippen molar-refractivity contribution in [2.75, 3.05) is 23.3 Å². The average Bonchev–Trinajstić information content (AvgIpc) is 3.06. The van der Waals surface area contributed by atoms with Gasteiger partial charge < -0.3 is 15.2 Å². The van der Waals surface area contributed by atoms with Crippen molar-refractivity contribution >= 4 is 28.4 Å². The summed E-state index contributed by atoms with van der Waals surface area (Å²) >= 11 is 0. The highest BCUT2D eigenvalue weighted by Crippen LogP contribution is 2.19.